The number of aliphatic hydroxyl groups is 3. The smallest absolute Gasteiger partial charge is 0.253 e. The van der Waals surface area contributed by atoms with Gasteiger partial charge in [0.2, 0.25) is 11.7 Å². The summed E-state index contributed by atoms with van der Waals surface area (Å²) >= 11 is 0. The van der Waals surface area contributed by atoms with Crippen molar-refractivity contribution in [3.8, 4) is 17.2 Å². The maximum atomic E-state index is 13.9. The number of rotatable bonds is 9. The van der Waals surface area contributed by atoms with E-state index in [0.29, 0.717) is 25.7 Å². The number of aromatic hydroxyl groups is 2. The van der Waals surface area contributed by atoms with E-state index in [1.807, 2.05) is 0 Å². The third-order valence-corrected chi connectivity index (χ3v) is 11.6. The number of carbonyl (C=O) groups is 6. The fraction of sp³-hybridized carbons (Fsp3) is 0.487. The number of aliphatic hydroxyl groups excluding tert-OH is 2. The number of fused-ring (bicyclic) bond motifs is 3. The predicted octanol–water partition coefficient (Wildman–Crippen LogP) is 0.890. The molecular formula is C39H42N2O14. The lowest BCUT2D eigenvalue weighted by Gasteiger charge is -2.43. The van der Waals surface area contributed by atoms with Crippen molar-refractivity contribution in [3.63, 3.8) is 0 Å². The molecule has 6 atom stereocenters. The Kier molecular flexibility index (Phi) is 10.1. The highest BCUT2D eigenvalue weighted by molar-refractivity contribution is 6.31. The number of benzene rings is 2. The van der Waals surface area contributed by atoms with Crippen molar-refractivity contribution in [2.75, 3.05) is 20.3 Å². The number of hydrogen-bond acceptors (Lipinski definition) is 14. The van der Waals surface area contributed by atoms with Crippen LogP contribution in [0.25, 0.3) is 0 Å². The molecule has 16 nitrogen and oxygen atoms in total. The van der Waals surface area contributed by atoms with Gasteiger partial charge in [-0.3, -0.25) is 33.7 Å². The van der Waals surface area contributed by atoms with Gasteiger partial charge in [0.25, 0.3) is 11.8 Å². The molecule has 1 saturated heterocycles. The summed E-state index contributed by atoms with van der Waals surface area (Å²) in [5.41, 5.74) is -4.03. The Labute approximate surface area is 314 Å². The van der Waals surface area contributed by atoms with Gasteiger partial charge in [-0.15, -0.1) is 0 Å². The Morgan fingerprint density at radius 2 is 1.65 bits per heavy atom. The molecule has 16 heteroatoms. The number of imide groups is 1. The van der Waals surface area contributed by atoms with Crippen molar-refractivity contribution < 1.29 is 68.5 Å². The molecule has 2 aromatic rings. The van der Waals surface area contributed by atoms with Crippen LogP contribution >= 0.6 is 0 Å². The number of phenolic OH excluding ortho intramolecular Hbond substituents is 2. The molecule has 2 aliphatic heterocycles. The summed E-state index contributed by atoms with van der Waals surface area (Å²) in [6.45, 7) is 0.751. The van der Waals surface area contributed by atoms with Crippen molar-refractivity contribution in [1.29, 1.82) is 0 Å². The molecule has 55 heavy (non-hydrogen) atoms. The lowest BCUT2D eigenvalue weighted by molar-refractivity contribution is -0.249. The molecule has 2 fully saturated rings. The quantitative estimate of drug-likeness (QED) is 0.131. The molecule has 1 saturated carbocycles. The van der Waals surface area contributed by atoms with E-state index in [1.165, 1.54) is 42.4 Å². The van der Waals surface area contributed by atoms with E-state index in [4.69, 9.17) is 14.2 Å². The number of methoxy groups -OCH3 is 1. The number of hydrogen-bond donors (Lipinski definition) is 6. The molecule has 3 aliphatic carbocycles. The third-order valence-electron chi connectivity index (χ3n) is 11.6. The number of Topliss-reactive ketones (excluding diaryl/α,β-unsaturated/α-hetero) is 1. The minimum atomic E-state index is -2.34. The van der Waals surface area contributed by atoms with Gasteiger partial charge in [0.1, 0.15) is 35.6 Å². The highest BCUT2D eigenvalue weighted by atomic mass is 16.7. The summed E-state index contributed by atoms with van der Waals surface area (Å²) in [5, 5.41) is 58.7. The van der Waals surface area contributed by atoms with Gasteiger partial charge in [0, 0.05) is 60.6 Å². The molecule has 0 bridgehead atoms. The minimum Gasteiger partial charge on any atom is -0.507 e. The first-order valence-corrected chi connectivity index (χ1v) is 18.2. The Morgan fingerprint density at radius 3 is 2.31 bits per heavy atom. The number of nitrogens with zero attached hydrogens (tertiary/aromatic N) is 1. The van der Waals surface area contributed by atoms with Crippen LogP contribution in [-0.4, -0.2) is 116 Å². The molecule has 4 unspecified atom stereocenters. The van der Waals surface area contributed by atoms with Gasteiger partial charge in [-0.2, -0.15) is 0 Å². The summed E-state index contributed by atoms with van der Waals surface area (Å²) in [6, 6.07) is 3.42. The van der Waals surface area contributed by atoms with E-state index in [1.54, 1.807) is 6.92 Å². The third kappa shape index (κ3) is 6.61. The Balaban J connectivity index is 1.13. The highest BCUT2D eigenvalue weighted by Crippen LogP contribution is 2.52. The van der Waals surface area contributed by atoms with Crippen LogP contribution in [0.4, 0.5) is 0 Å². The van der Waals surface area contributed by atoms with E-state index >= 15 is 0 Å². The average Bonchev–Trinajstić information content (AvgIpc) is 3.48. The number of amides is 3. The van der Waals surface area contributed by atoms with Gasteiger partial charge in [0.15, 0.2) is 17.9 Å². The number of nitrogens with one attached hydrogen (secondary N) is 1. The van der Waals surface area contributed by atoms with Gasteiger partial charge >= 0.3 is 0 Å². The van der Waals surface area contributed by atoms with Crippen LogP contribution in [0.1, 0.15) is 94.5 Å². The Bertz CT molecular complexity index is 2000. The summed E-state index contributed by atoms with van der Waals surface area (Å²) in [5.74, 6) is -5.44. The van der Waals surface area contributed by atoms with E-state index in [2.05, 4.69) is 5.32 Å². The lowest BCUT2D eigenvalue weighted by atomic mass is 9.72. The van der Waals surface area contributed by atoms with Gasteiger partial charge < -0.3 is 45.1 Å². The maximum absolute atomic E-state index is 13.9. The van der Waals surface area contributed by atoms with Crippen molar-refractivity contribution in [2.24, 2.45) is 11.8 Å². The molecule has 7 rings (SSSR count). The van der Waals surface area contributed by atoms with Crippen LogP contribution in [0.15, 0.2) is 30.4 Å². The lowest BCUT2D eigenvalue weighted by Crippen LogP contribution is -2.56. The van der Waals surface area contributed by atoms with Crippen molar-refractivity contribution in [1.82, 2.24) is 10.2 Å². The van der Waals surface area contributed by atoms with Gasteiger partial charge in [0.05, 0.1) is 42.0 Å². The molecule has 2 heterocycles. The zero-order valence-electron chi connectivity index (χ0n) is 30.1. The Morgan fingerprint density at radius 1 is 0.982 bits per heavy atom. The predicted molar refractivity (Wildman–Crippen MR) is 187 cm³/mol. The molecule has 2 aromatic carbocycles. The molecule has 0 radical (unpaired) electrons. The first-order chi connectivity index (χ1) is 26.2. The maximum Gasteiger partial charge on any atom is 0.253 e. The molecule has 3 amide bonds. The van der Waals surface area contributed by atoms with E-state index in [9.17, 15) is 54.3 Å². The average molecular weight is 763 g/mol. The molecule has 6 N–H and O–H groups in total. The van der Waals surface area contributed by atoms with Crippen LogP contribution in [0.5, 0.6) is 17.2 Å². The standard InChI is InChI=1S/C39H42N2O14/c1-17-33(46)22(40-38(51)19-8-6-18(7-9-19)15-41-26(44)10-11-27(41)45)12-28(54-17)55-24-14-39(52,25(43)16-42)13-21-30(24)37(50)32-31(35(21)48)34(47)20-4-3-5-23(53-2)29(20)36(32)49/h3-5,10-11,17-19,22,24,28,33,42,46,48,50,52H,6-9,12-16H2,1-2H3,(H,40,51)/t17?,18?,19?,22?,24-,28?,33?,39-/m0/s1. The van der Waals surface area contributed by atoms with Crippen molar-refractivity contribution >= 4 is 35.1 Å². The fourth-order valence-corrected chi connectivity index (χ4v) is 8.64. The minimum absolute atomic E-state index is 0.0460. The number of carbonyl (C=O) groups excluding carboxylic acids is 6. The van der Waals surface area contributed by atoms with E-state index in [-0.39, 0.29) is 64.6 Å². The van der Waals surface area contributed by atoms with Crippen LogP contribution in [0.2, 0.25) is 0 Å². The molecule has 292 valence electrons. The first kappa shape index (κ1) is 38.3. The fourth-order valence-electron chi connectivity index (χ4n) is 8.64. The van der Waals surface area contributed by atoms with Crippen LogP contribution < -0.4 is 10.1 Å². The number of ether oxygens (including phenoxy) is 3. The van der Waals surface area contributed by atoms with Gasteiger partial charge in [-0.25, -0.2) is 0 Å². The number of ketones is 3. The van der Waals surface area contributed by atoms with Gasteiger partial charge in [-0.1, -0.05) is 12.1 Å². The highest BCUT2D eigenvalue weighted by Gasteiger charge is 2.50. The zero-order valence-corrected chi connectivity index (χ0v) is 30.1. The zero-order chi connectivity index (χ0) is 39.5. The largest absolute Gasteiger partial charge is 0.507 e. The van der Waals surface area contributed by atoms with Gasteiger partial charge in [-0.05, 0) is 44.6 Å². The molecule has 0 aromatic heterocycles. The van der Waals surface area contributed by atoms with E-state index in [0.717, 1.165) is 0 Å². The van der Waals surface area contributed by atoms with Crippen LogP contribution in [0.3, 0.4) is 0 Å². The SMILES string of the molecule is COc1cccc2c1C(=O)c1c(O)c3c(c(O)c1C2=O)C[C@@](O)(C(=O)CO)C[C@@H]3OC1CC(NC(=O)C2CCC(CN3C(=O)C=CC3=O)CC2)C(O)C(C)O1. The summed E-state index contributed by atoms with van der Waals surface area (Å²) < 4.78 is 17.5. The molecule has 5 aliphatic rings. The normalized spacial score (nSPS) is 30.1. The van der Waals surface area contributed by atoms with Crippen LogP contribution in [-0.2, 0) is 35.1 Å². The van der Waals surface area contributed by atoms with Crippen molar-refractivity contribution in [3.05, 3.63) is 63.7 Å². The number of phenols is 2. The summed E-state index contributed by atoms with van der Waals surface area (Å²) in [7, 11) is 1.31. The topological polar surface area (TPSA) is 247 Å². The summed E-state index contributed by atoms with van der Waals surface area (Å²) in [4.78, 5) is 79.3. The monoisotopic (exact) mass is 762 g/mol. The van der Waals surface area contributed by atoms with E-state index < -0.39 is 102 Å². The van der Waals surface area contributed by atoms with Crippen molar-refractivity contribution in [2.45, 2.75) is 88.1 Å². The second-order valence-electron chi connectivity index (χ2n) is 14.9. The summed E-state index contributed by atoms with van der Waals surface area (Å²) in [6.07, 6.45) is -1.42. The second kappa shape index (κ2) is 14.6. The first-order valence-electron chi connectivity index (χ1n) is 18.2. The second-order valence-corrected chi connectivity index (χ2v) is 14.9. The molecule has 0 spiro atoms. The Hall–Kier alpha value is -5.00. The van der Waals surface area contributed by atoms with Crippen LogP contribution in [0, 0.1) is 11.8 Å². The molecular weight excluding hydrogens is 720 g/mol.